The molecule has 1 aromatic heterocycles. The van der Waals surface area contributed by atoms with Crippen molar-refractivity contribution in [3.8, 4) is 0 Å². The van der Waals surface area contributed by atoms with Crippen LogP contribution in [0.25, 0.3) is 11.4 Å². The van der Waals surface area contributed by atoms with E-state index < -0.39 is 0 Å². The summed E-state index contributed by atoms with van der Waals surface area (Å²) in [7, 11) is 0. The summed E-state index contributed by atoms with van der Waals surface area (Å²) in [5, 5.41) is 10.4. The Morgan fingerprint density at radius 1 is 1.30 bits per heavy atom. The Morgan fingerprint density at radius 2 is 1.87 bits per heavy atom. The van der Waals surface area contributed by atoms with E-state index >= 15 is 0 Å². The maximum Gasteiger partial charge on any atom is 0.110 e. The van der Waals surface area contributed by atoms with Crippen LogP contribution in [0, 0.1) is 0 Å². The number of aromatic nitrogens is 2. The number of hydrogen-bond acceptors (Lipinski definition) is 3. The highest BCUT2D eigenvalue weighted by atomic mass is 15.5. The van der Waals surface area contributed by atoms with E-state index in [0.717, 1.165) is 41.2 Å². The van der Waals surface area contributed by atoms with Gasteiger partial charge < -0.3 is 0 Å². The van der Waals surface area contributed by atoms with Crippen molar-refractivity contribution in [2.45, 2.75) is 60.4 Å². The maximum absolute atomic E-state index is 4.63. The molecule has 4 nitrogen and oxygen atoms in total. The maximum atomic E-state index is 4.63. The van der Waals surface area contributed by atoms with Gasteiger partial charge in [-0.1, -0.05) is 46.9 Å². The lowest BCUT2D eigenvalue weighted by atomic mass is 10.2. The second-order valence-electron chi connectivity index (χ2n) is 5.44. The third-order valence-electron chi connectivity index (χ3n) is 3.25. The Labute approximate surface area is 141 Å². The number of hydrogen-bond donors (Lipinski definition) is 0. The largest absolute Gasteiger partial charge is 0.262 e. The third-order valence-corrected chi connectivity index (χ3v) is 3.25. The molecule has 128 valence electrons. The molecule has 0 radical (unpaired) electrons. The van der Waals surface area contributed by atoms with Gasteiger partial charge in [-0.25, -0.2) is 4.68 Å². The van der Waals surface area contributed by atoms with Gasteiger partial charge in [-0.3, -0.25) is 5.01 Å². The van der Waals surface area contributed by atoms with Crippen molar-refractivity contribution in [2.24, 2.45) is 5.10 Å². The van der Waals surface area contributed by atoms with E-state index in [-0.39, 0.29) is 6.04 Å². The van der Waals surface area contributed by atoms with Crippen LogP contribution in [-0.2, 0) is 6.42 Å². The van der Waals surface area contributed by atoms with E-state index in [1.165, 1.54) is 0 Å². The molecule has 0 aliphatic carbocycles. The second-order valence-corrected chi connectivity index (χ2v) is 5.44. The summed E-state index contributed by atoms with van der Waals surface area (Å²) in [6.45, 7) is 27.9. The highest BCUT2D eigenvalue weighted by Crippen LogP contribution is 2.23. The van der Waals surface area contributed by atoms with Gasteiger partial charge in [0.2, 0.25) is 0 Å². The molecule has 0 aromatic carbocycles. The molecule has 0 amide bonds. The van der Waals surface area contributed by atoms with Gasteiger partial charge in [0.15, 0.2) is 0 Å². The number of aryl methyl sites for hydroxylation is 1. The van der Waals surface area contributed by atoms with Crippen LogP contribution in [0.1, 0.15) is 59.4 Å². The van der Waals surface area contributed by atoms with Crippen LogP contribution in [0.15, 0.2) is 36.5 Å². The Morgan fingerprint density at radius 3 is 2.26 bits per heavy atom. The Bertz CT molecular complexity index is 564. The van der Waals surface area contributed by atoms with Gasteiger partial charge in [-0.05, 0) is 38.8 Å². The van der Waals surface area contributed by atoms with Crippen molar-refractivity contribution in [1.82, 2.24) is 14.8 Å². The predicted octanol–water partition coefficient (Wildman–Crippen LogP) is 5.21. The molecule has 0 saturated carbocycles. The molecule has 0 bridgehead atoms. The predicted molar refractivity (Wildman–Crippen MR) is 103 cm³/mol. The molecule has 0 aliphatic heterocycles. The van der Waals surface area contributed by atoms with Crippen LogP contribution < -0.4 is 0 Å². The quantitative estimate of drug-likeness (QED) is 0.375. The molecular weight excluding hydrogens is 284 g/mol. The van der Waals surface area contributed by atoms with Crippen LogP contribution in [0.4, 0.5) is 0 Å². The Hall–Kier alpha value is -2.10. The Balaban J connectivity index is 0.00000232. The lowest BCUT2D eigenvalue weighted by molar-refractivity contribution is 0.350. The van der Waals surface area contributed by atoms with E-state index in [1.54, 1.807) is 5.01 Å². The molecule has 1 rings (SSSR count). The first-order chi connectivity index (χ1) is 10.8. The summed E-state index contributed by atoms with van der Waals surface area (Å²) >= 11 is 0. The summed E-state index contributed by atoms with van der Waals surface area (Å²) < 4.78 is 1.86. The zero-order valence-electron chi connectivity index (χ0n) is 15.7. The monoisotopic (exact) mass is 316 g/mol. The van der Waals surface area contributed by atoms with E-state index in [4.69, 9.17) is 0 Å². The molecule has 0 fully saturated rings. The molecular formula is C19H32N4. The van der Waals surface area contributed by atoms with Crippen molar-refractivity contribution in [3.63, 3.8) is 0 Å². The smallest absolute Gasteiger partial charge is 0.110 e. The van der Waals surface area contributed by atoms with Crippen LogP contribution in [-0.4, -0.2) is 27.5 Å². The molecule has 0 saturated heterocycles. The fraction of sp³-hybridized carbons (Fsp3) is 0.474. The summed E-state index contributed by atoms with van der Waals surface area (Å²) in [5.41, 5.74) is 4.34. The number of rotatable bonds is 8. The molecule has 1 aromatic rings. The molecule has 4 heteroatoms. The van der Waals surface area contributed by atoms with Crippen LogP contribution in [0.3, 0.4) is 0 Å². The van der Waals surface area contributed by atoms with Gasteiger partial charge in [-0.15, -0.1) is 0 Å². The minimum Gasteiger partial charge on any atom is -0.262 e. The fourth-order valence-electron chi connectivity index (χ4n) is 2.09. The van der Waals surface area contributed by atoms with Crippen molar-refractivity contribution in [2.75, 3.05) is 0 Å². The van der Waals surface area contributed by atoms with Crippen molar-refractivity contribution >= 4 is 18.1 Å². The summed E-state index contributed by atoms with van der Waals surface area (Å²) in [6.07, 6.45) is 1.96. The topological polar surface area (TPSA) is 33.4 Å². The zero-order chi connectivity index (χ0) is 18.2. The lowest BCUT2D eigenvalue weighted by Gasteiger charge is -2.23. The summed E-state index contributed by atoms with van der Waals surface area (Å²) in [5.74, 6) is 0. The molecule has 0 aliphatic rings. The van der Waals surface area contributed by atoms with Gasteiger partial charge in [0.25, 0.3) is 0 Å². The lowest BCUT2D eigenvalue weighted by Crippen LogP contribution is -2.23. The SMILES string of the molecule is C=NN(C(=C)c1cc(CCC)n(C(=C)C(=C)C)n1)C(C)C.CC. The van der Waals surface area contributed by atoms with Crippen LogP contribution in [0.5, 0.6) is 0 Å². The zero-order valence-corrected chi connectivity index (χ0v) is 15.7. The number of hydrazone groups is 1. The van der Waals surface area contributed by atoms with Crippen LogP contribution in [0.2, 0.25) is 0 Å². The minimum absolute atomic E-state index is 0.180. The number of nitrogens with zero attached hydrogens (tertiary/aromatic N) is 4. The third kappa shape index (κ3) is 5.23. The first-order valence-electron chi connectivity index (χ1n) is 8.22. The Kier molecular flexibility index (Phi) is 8.93. The molecule has 0 unspecified atom stereocenters. The fourth-order valence-corrected chi connectivity index (χ4v) is 2.09. The van der Waals surface area contributed by atoms with Crippen molar-refractivity contribution in [1.29, 1.82) is 0 Å². The molecule has 1 heterocycles. The first-order valence-corrected chi connectivity index (χ1v) is 8.22. The molecule has 0 N–H and O–H groups in total. The summed E-state index contributed by atoms with van der Waals surface area (Å²) in [4.78, 5) is 0. The van der Waals surface area contributed by atoms with Gasteiger partial charge in [-0.2, -0.15) is 10.2 Å². The van der Waals surface area contributed by atoms with E-state index in [0.29, 0.717) is 0 Å². The first kappa shape index (κ1) is 20.9. The average Bonchev–Trinajstić information content (AvgIpc) is 2.93. The number of allylic oxidation sites excluding steroid dienone is 2. The normalized spacial score (nSPS) is 9.87. The van der Waals surface area contributed by atoms with Crippen LogP contribution >= 0.6 is 0 Å². The van der Waals surface area contributed by atoms with E-state index in [1.807, 2.05) is 45.4 Å². The van der Waals surface area contributed by atoms with Gasteiger partial charge in [0.05, 0.1) is 11.4 Å². The van der Waals surface area contributed by atoms with E-state index in [2.05, 4.69) is 43.6 Å². The molecule has 23 heavy (non-hydrogen) atoms. The summed E-state index contributed by atoms with van der Waals surface area (Å²) in [6, 6.07) is 2.22. The van der Waals surface area contributed by atoms with Crippen molar-refractivity contribution in [3.05, 3.63) is 42.8 Å². The van der Waals surface area contributed by atoms with Gasteiger partial charge in [0.1, 0.15) is 5.69 Å². The van der Waals surface area contributed by atoms with Crippen molar-refractivity contribution < 1.29 is 0 Å². The molecule has 0 atom stereocenters. The van der Waals surface area contributed by atoms with Gasteiger partial charge >= 0.3 is 0 Å². The average molecular weight is 316 g/mol. The molecule has 0 spiro atoms. The second kappa shape index (κ2) is 9.82. The van der Waals surface area contributed by atoms with E-state index in [9.17, 15) is 0 Å². The van der Waals surface area contributed by atoms with Gasteiger partial charge in [0, 0.05) is 18.5 Å². The standard InChI is InChI=1S/C17H26N4.C2H6/c1-9-10-16-11-17(15(7)20(18-8)13(4)5)19-21(16)14(6)12(2)3;1-2/h11,13H,2,6-10H2,1,3-5H3;1-2H3. The highest BCUT2D eigenvalue weighted by molar-refractivity contribution is 5.64. The highest BCUT2D eigenvalue weighted by Gasteiger charge is 2.17. The minimum atomic E-state index is 0.180.